The molecule has 10 atom stereocenters. The molecule has 4 aromatic carbocycles. The Morgan fingerprint density at radius 3 is 0.938 bits per heavy atom. The molecular formula is C88H122O24. The van der Waals surface area contributed by atoms with Crippen LogP contribution in [0.3, 0.4) is 0 Å². The second kappa shape index (κ2) is 36.9. The minimum Gasteiger partial charge on any atom is -0.469 e. The maximum atomic E-state index is 14.5. The number of unbranched alkanes of at least 4 members (excludes halogenated alkanes) is 2. The van der Waals surface area contributed by atoms with E-state index in [0.717, 1.165) is 24.0 Å². The van der Waals surface area contributed by atoms with E-state index in [0.29, 0.717) is 46.2 Å². The zero-order chi connectivity index (χ0) is 84.4. The molecule has 0 unspecified atom stereocenters. The first-order valence-electron chi connectivity index (χ1n) is 38.4. The van der Waals surface area contributed by atoms with Gasteiger partial charge in [-0.1, -0.05) is 86.8 Å². The average molecular weight is 1560 g/mol. The summed E-state index contributed by atoms with van der Waals surface area (Å²) in [6.07, 6.45) is -13.5. The predicted octanol–water partition coefficient (Wildman–Crippen LogP) is 15.3. The lowest BCUT2D eigenvalue weighted by atomic mass is 9.84. The van der Waals surface area contributed by atoms with Crippen LogP contribution in [0.2, 0.25) is 0 Å². The van der Waals surface area contributed by atoms with Crippen molar-refractivity contribution in [3.05, 3.63) is 107 Å². The summed E-state index contributed by atoms with van der Waals surface area (Å²) in [4.78, 5) is 140. The van der Waals surface area contributed by atoms with Gasteiger partial charge in [0.05, 0.1) is 70.4 Å². The van der Waals surface area contributed by atoms with E-state index in [1.54, 1.807) is 215 Å². The van der Waals surface area contributed by atoms with Gasteiger partial charge in [-0.2, -0.15) is 0 Å². The minimum atomic E-state index is -1.72. The first kappa shape index (κ1) is 92.0. The Kier molecular flexibility index (Phi) is 30.3. The standard InChI is InChI=1S/C88H122O24/c1-28-29-30-37-56(54-38-40-59(57(46-54)52-35-31-33-50(42-52)44-63(89)99-26)103-71-69(111-79(97)87(20,21)22)67(109-77(95)85(14,15)16)65(107-75(93)83(8,9)10)61(105-71)48-101-73(91)81(2,3)4)55-39-41-60(58(47-55)53-36-32-34-51(43-53)45-64(90)100-27)104-72-70(112-80(98)88(23,24)25)68(110-78(96)86(17,18)19)66(108-76(94)84(11,12)13)62(106-72)49-102-74(92)82(5,6)7/h31-36,38-43,46-47,56,61-62,65-72H,28-30,37,44-45,48-49H2,1-27H3/t61-,62-,65-,66-,67+,68+,69+,70+,71+,72+/m1/s1. The monoisotopic (exact) mass is 1560 g/mol. The van der Waals surface area contributed by atoms with Crippen LogP contribution in [0.25, 0.3) is 22.3 Å². The number of esters is 10. The van der Waals surface area contributed by atoms with Gasteiger partial charge in [0.1, 0.15) is 36.9 Å². The molecule has 0 amide bonds. The largest absolute Gasteiger partial charge is 0.469 e. The maximum absolute atomic E-state index is 14.5. The zero-order valence-electron chi connectivity index (χ0n) is 70.9. The number of carbonyl (C=O) groups excluding carboxylic acids is 10. The van der Waals surface area contributed by atoms with Gasteiger partial charge in [-0.25, -0.2) is 0 Å². The number of hydrogen-bond donors (Lipinski definition) is 0. The van der Waals surface area contributed by atoms with Crippen LogP contribution < -0.4 is 9.47 Å². The normalized spacial score (nSPS) is 20.6. The van der Waals surface area contributed by atoms with Gasteiger partial charge in [0.15, 0.2) is 24.4 Å². The van der Waals surface area contributed by atoms with Crippen LogP contribution in [0.5, 0.6) is 11.5 Å². The molecule has 24 heteroatoms. The van der Waals surface area contributed by atoms with Gasteiger partial charge in [-0.3, -0.25) is 47.9 Å². The van der Waals surface area contributed by atoms with E-state index >= 15 is 0 Å². The Morgan fingerprint density at radius 2 is 0.652 bits per heavy atom. The highest BCUT2D eigenvalue weighted by Gasteiger charge is 2.58. The van der Waals surface area contributed by atoms with Crippen molar-refractivity contribution in [1.29, 1.82) is 0 Å². The molecule has 2 aliphatic heterocycles. The quantitative estimate of drug-likeness (QED) is 0.0320. The summed E-state index contributed by atoms with van der Waals surface area (Å²) in [5, 5.41) is 0. The van der Waals surface area contributed by atoms with Crippen LogP contribution in [0.15, 0.2) is 84.9 Å². The van der Waals surface area contributed by atoms with E-state index in [1.807, 2.05) is 36.4 Å². The van der Waals surface area contributed by atoms with Crippen LogP contribution in [0.4, 0.5) is 0 Å². The van der Waals surface area contributed by atoms with Crippen LogP contribution in [-0.2, 0) is 118 Å². The molecule has 0 N–H and O–H groups in total. The second-order valence-electron chi connectivity index (χ2n) is 37.2. The van der Waals surface area contributed by atoms with Crippen molar-refractivity contribution in [2.45, 2.75) is 279 Å². The SMILES string of the molecule is CCCCCC(c1ccc(O[C@H]2O[C@H](COC(=O)C(C)(C)C)[C@@H](OC(=O)C(C)(C)C)[C@H](OC(=O)C(C)(C)C)[C@@H]2OC(=O)C(C)(C)C)c(-c2cccc(CC(=O)OC)c2)c1)c1ccc(O[C@H]2O[C@H](COC(=O)C(C)(C)C)[C@@H](OC(=O)C(C)(C)C)[C@H](OC(=O)C(C)(C)C)[C@@H]2OC(=O)C(C)(C)C)c(-c2cccc(CC(=O)OC)c2)c1. The third-order valence-corrected chi connectivity index (χ3v) is 18.3. The van der Waals surface area contributed by atoms with Gasteiger partial charge in [0.25, 0.3) is 0 Å². The Morgan fingerprint density at radius 1 is 0.357 bits per heavy atom. The fraction of sp³-hybridized carbons (Fsp3) is 0.614. The highest BCUT2D eigenvalue weighted by atomic mass is 16.8. The second-order valence-corrected chi connectivity index (χ2v) is 37.2. The Balaban J connectivity index is 1.69. The number of benzene rings is 4. The van der Waals surface area contributed by atoms with Crippen LogP contribution in [0.1, 0.15) is 227 Å². The summed E-state index contributed by atoms with van der Waals surface area (Å²) in [6.45, 7) is 40.3. The third-order valence-electron chi connectivity index (χ3n) is 18.3. The number of ether oxygens (including phenoxy) is 14. The van der Waals surface area contributed by atoms with Crippen molar-refractivity contribution in [3.63, 3.8) is 0 Å². The summed E-state index contributed by atoms with van der Waals surface area (Å²) in [5.41, 5.74) is -4.57. The molecule has 6 rings (SSSR count). The van der Waals surface area contributed by atoms with Gasteiger partial charge in [0.2, 0.25) is 24.8 Å². The van der Waals surface area contributed by atoms with Crippen molar-refractivity contribution in [2.24, 2.45) is 43.3 Å². The van der Waals surface area contributed by atoms with E-state index in [-0.39, 0.29) is 24.3 Å². The molecule has 2 fully saturated rings. The molecule has 0 radical (unpaired) electrons. The lowest BCUT2D eigenvalue weighted by molar-refractivity contribution is -0.293. The average Bonchev–Trinajstić information content (AvgIpc) is 0.758. The first-order chi connectivity index (χ1) is 51.6. The van der Waals surface area contributed by atoms with E-state index in [1.165, 1.54) is 14.2 Å². The highest BCUT2D eigenvalue weighted by molar-refractivity contribution is 5.82. The van der Waals surface area contributed by atoms with Crippen LogP contribution in [-0.4, -0.2) is 149 Å². The molecule has 0 bridgehead atoms. The van der Waals surface area contributed by atoms with E-state index in [9.17, 15) is 47.9 Å². The molecule has 0 aromatic heterocycles. The number of rotatable bonds is 26. The highest BCUT2D eigenvalue weighted by Crippen LogP contribution is 2.45. The van der Waals surface area contributed by atoms with Crippen molar-refractivity contribution >= 4 is 59.7 Å². The van der Waals surface area contributed by atoms with Crippen LogP contribution >= 0.6 is 0 Å². The molecule has 2 heterocycles. The Hall–Kier alpha value is -8.90. The van der Waals surface area contributed by atoms with E-state index in [4.69, 9.17) is 66.3 Å². The predicted molar refractivity (Wildman–Crippen MR) is 417 cm³/mol. The van der Waals surface area contributed by atoms with E-state index < -0.39 is 184 Å². The summed E-state index contributed by atoms with van der Waals surface area (Å²) in [7, 11) is 2.58. The van der Waals surface area contributed by atoms with Gasteiger partial charge in [-0.15, -0.1) is 0 Å². The fourth-order valence-electron chi connectivity index (χ4n) is 11.3. The first-order valence-corrected chi connectivity index (χ1v) is 38.4. The minimum absolute atomic E-state index is 0.121. The maximum Gasteiger partial charge on any atom is 0.311 e. The molecule has 2 aliphatic rings. The molecule has 618 valence electrons. The summed E-state index contributed by atoms with van der Waals surface area (Å²) >= 11 is 0. The molecule has 0 spiro atoms. The number of carbonyl (C=O) groups is 10. The van der Waals surface area contributed by atoms with Gasteiger partial charge in [-0.05, 0) is 230 Å². The number of methoxy groups -OCH3 is 2. The molecule has 0 aliphatic carbocycles. The molecule has 24 nitrogen and oxygen atoms in total. The van der Waals surface area contributed by atoms with Gasteiger partial charge < -0.3 is 66.3 Å². The Bertz CT molecular complexity index is 3740. The van der Waals surface area contributed by atoms with E-state index in [2.05, 4.69) is 6.92 Å². The van der Waals surface area contributed by atoms with Crippen molar-refractivity contribution in [3.8, 4) is 33.8 Å². The summed E-state index contributed by atoms with van der Waals surface area (Å²) < 4.78 is 88.3. The van der Waals surface area contributed by atoms with Crippen molar-refractivity contribution < 1.29 is 114 Å². The topological polar surface area (TPSA) is 300 Å². The Labute approximate surface area is 661 Å². The molecular weight excluding hydrogens is 1440 g/mol. The third kappa shape index (κ3) is 25.3. The lowest BCUT2D eigenvalue weighted by Crippen LogP contribution is -2.65. The summed E-state index contributed by atoms with van der Waals surface area (Å²) in [5.74, 6) is -7.12. The fourth-order valence-corrected chi connectivity index (χ4v) is 11.3. The molecule has 112 heavy (non-hydrogen) atoms. The smallest absolute Gasteiger partial charge is 0.311 e. The summed E-state index contributed by atoms with van der Waals surface area (Å²) in [6, 6.07) is 25.3. The lowest BCUT2D eigenvalue weighted by Gasteiger charge is -2.45. The van der Waals surface area contributed by atoms with Crippen molar-refractivity contribution in [1.82, 2.24) is 0 Å². The van der Waals surface area contributed by atoms with Crippen molar-refractivity contribution in [2.75, 3.05) is 27.4 Å². The molecule has 2 saturated heterocycles. The zero-order valence-corrected chi connectivity index (χ0v) is 70.9. The van der Waals surface area contributed by atoms with Gasteiger partial charge in [0, 0.05) is 17.0 Å². The number of hydrogen-bond acceptors (Lipinski definition) is 24. The molecule has 0 saturated carbocycles. The van der Waals surface area contributed by atoms with Gasteiger partial charge >= 0.3 is 59.7 Å². The van der Waals surface area contributed by atoms with Crippen LogP contribution in [0, 0.1) is 43.3 Å². The molecule has 4 aromatic rings.